The lowest BCUT2D eigenvalue weighted by Crippen LogP contribution is -2.60. The third-order valence-electron chi connectivity index (χ3n) is 21.8. The van der Waals surface area contributed by atoms with Crippen LogP contribution < -0.4 is 0 Å². The Balaban J connectivity index is 0.859. The molecule has 8 rings (SSSR count). The molecule has 15 nitrogen and oxygen atoms in total. The monoisotopic (exact) mass is 1090 g/mol. The fourth-order valence-electron chi connectivity index (χ4n) is 14.5. The molecular formula is C62H110O15. The zero-order chi connectivity index (χ0) is 56.1. The van der Waals surface area contributed by atoms with Crippen LogP contribution in [0.25, 0.3) is 0 Å². The summed E-state index contributed by atoms with van der Waals surface area (Å²) in [6.07, 6.45) is -0.526. The van der Waals surface area contributed by atoms with Gasteiger partial charge >= 0.3 is 0 Å². The van der Waals surface area contributed by atoms with Crippen LogP contribution in [0.15, 0.2) is 0 Å². The molecule has 8 fully saturated rings. The molecule has 35 atom stereocenters. The van der Waals surface area contributed by atoms with Crippen molar-refractivity contribution in [1.29, 1.82) is 0 Å². The van der Waals surface area contributed by atoms with E-state index in [4.69, 9.17) is 66.3 Å². The summed E-state index contributed by atoms with van der Waals surface area (Å²) in [7, 11) is 0. The Labute approximate surface area is 465 Å². The minimum Gasteiger partial charge on any atom is -0.390 e. The molecule has 1 N–H and O–H groups in total. The van der Waals surface area contributed by atoms with Crippen molar-refractivity contribution in [2.45, 2.75) is 306 Å². The van der Waals surface area contributed by atoms with Crippen molar-refractivity contribution >= 4 is 0 Å². The summed E-state index contributed by atoms with van der Waals surface area (Å²) in [5.74, 6) is 1.71. The number of hydrogen-bond donors (Lipinski definition) is 1. The van der Waals surface area contributed by atoms with Gasteiger partial charge < -0.3 is 71.4 Å². The molecule has 8 heterocycles. The van der Waals surface area contributed by atoms with Gasteiger partial charge in [0, 0.05) is 41.4 Å². The predicted molar refractivity (Wildman–Crippen MR) is 292 cm³/mol. The largest absolute Gasteiger partial charge is 0.390 e. The first-order chi connectivity index (χ1) is 36.6. The van der Waals surface area contributed by atoms with Crippen molar-refractivity contribution < 1.29 is 71.4 Å². The number of aliphatic hydroxyl groups excluding tert-OH is 1. The molecule has 15 heteroatoms. The van der Waals surface area contributed by atoms with Gasteiger partial charge in [-0.15, -0.1) is 0 Å². The fraction of sp³-hybridized carbons (Fsp3) is 1.00. The third-order valence-corrected chi connectivity index (χ3v) is 21.8. The van der Waals surface area contributed by atoms with Gasteiger partial charge in [-0.3, -0.25) is 0 Å². The lowest BCUT2D eigenvalue weighted by atomic mass is 9.80. The van der Waals surface area contributed by atoms with Crippen molar-refractivity contribution in [2.75, 3.05) is 6.61 Å². The van der Waals surface area contributed by atoms with E-state index in [2.05, 4.69) is 138 Å². The molecule has 0 aromatic heterocycles. The Morgan fingerprint density at radius 3 is 0.792 bits per heavy atom. The summed E-state index contributed by atoms with van der Waals surface area (Å²) in [5.41, 5.74) is 0. The molecule has 0 aliphatic carbocycles. The molecule has 0 radical (unpaired) electrons. The number of fused-ring (bicyclic) bond motifs is 2. The highest BCUT2D eigenvalue weighted by Gasteiger charge is 2.55. The Bertz CT molecular complexity index is 1800. The van der Waals surface area contributed by atoms with E-state index in [1.165, 1.54) is 0 Å². The van der Waals surface area contributed by atoms with Crippen LogP contribution in [-0.2, 0) is 66.3 Å². The number of rotatable bonds is 18. The van der Waals surface area contributed by atoms with Crippen LogP contribution in [0.5, 0.6) is 0 Å². The van der Waals surface area contributed by atoms with Crippen LogP contribution >= 0.6 is 0 Å². The van der Waals surface area contributed by atoms with Crippen molar-refractivity contribution in [1.82, 2.24) is 0 Å². The molecule has 8 saturated heterocycles. The number of hydrogen-bond acceptors (Lipinski definition) is 15. The standard InChI is InChI=1S/C62H110O15/c1-21-42-49(63)28(7)35(14)57(65-42)72-50-30(9)37(16)58(66-43(50)22-2)73-51-31(10)38(17)59(67-44(51)23-3)74-52-32(11)39(18)60(68-45(52)24-4)75-53-33(12)40(19)61(69-46(53)25-5)76-54-34(13)41(20)62(70-47(54)26-6)77-55-29(8)36(15)56-64-27-48(55)71-56/h28-63H,21-27H2,1-20H3/t28-,29?,30-,31?,32?,33-,34-,35+,36?,37?,38?,39?,40?,41?,42?,43?,44?,45?,46?,47?,48+,49+,50+,51+,52+,53+,54+,55+,56-,57?,58+,59-,60+,61+,62+/m1/s1. The summed E-state index contributed by atoms with van der Waals surface area (Å²) < 4.78 is 95.4. The van der Waals surface area contributed by atoms with E-state index >= 15 is 0 Å². The maximum absolute atomic E-state index is 10.9. The van der Waals surface area contributed by atoms with Crippen LogP contribution in [0.1, 0.15) is 177 Å². The van der Waals surface area contributed by atoms with Crippen LogP contribution in [0.3, 0.4) is 0 Å². The van der Waals surface area contributed by atoms with Gasteiger partial charge in [0.05, 0.1) is 86.0 Å². The van der Waals surface area contributed by atoms with Gasteiger partial charge in [-0.1, -0.05) is 138 Å². The minimum atomic E-state index is -0.499. The maximum atomic E-state index is 10.9. The summed E-state index contributed by atoms with van der Waals surface area (Å²) in [4.78, 5) is 0. The van der Waals surface area contributed by atoms with E-state index in [1.54, 1.807) is 0 Å². The second kappa shape index (κ2) is 26.5. The second-order valence-corrected chi connectivity index (χ2v) is 26.2. The van der Waals surface area contributed by atoms with E-state index < -0.39 is 37.6 Å². The lowest BCUT2D eigenvalue weighted by Gasteiger charge is -2.52. The normalized spacial score (nSPS) is 54.6. The second-order valence-electron chi connectivity index (χ2n) is 26.2. The van der Waals surface area contributed by atoms with Gasteiger partial charge in [-0.2, -0.15) is 0 Å². The van der Waals surface area contributed by atoms with E-state index in [-0.39, 0.29) is 169 Å². The minimum absolute atomic E-state index is 0.0459. The smallest absolute Gasteiger partial charge is 0.161 e. The van der Waals surface area contributed by atoms with Crippen molar-refractivity contribution in [3.05, 3.63) is 0 Å². The molecule has 0 spiro atoms. The van der Waals surface area contributed by atoms with Crippen molar-refractivity contribution in [3.8, 4) is 0 Å². The molecule has 0 aromatic rings. The first kappa shape index (κ1) is 62.4. The zero-order valence-electron chi connectivity index (χ0n) is 51.3. The van der Waals surface area contributed by atoms with Crippen molar-refractivity contribution in [2.24, 2.45) is 82.9 Å². The number of ether oxygens (including phenoxy) is 14. The summed E-state index contributed by atoms with van der Waals surface area (Å²) in [6.45, 7) is 44.7. The molecule has 8 aliphatic rings. The molecule has 2 bridgehead atoms. The molecule has 0 aromatic carbocycles. The third kappa shape index (κ3) is 12.5. The predicted octanol–water partition coefficient (Wildman–Crippen LogP) is 11.1. The van der Waals surface area contributed by atoms with Crippen LogP contribution in [-0.4, -0.2) is 141 Å². The highest BCUT2D eigenvalue weighted by molar-refractivity contribution is 4.97. The van der Waals surface area contributed by atoms with Gasteiger partial charge in [-0.25, -0.2) is 0 Å². The molecule has 448 valence electrons. The quantitative estimate of drug-likeness (QED) is 0.139. The van der Waals surface area contributed by atoms with Crippen LogP contribution in [0.4, 0.5) is 0 Å². The van der Waals surface area contributed by atoms with E-state index in [9.17, 15) is 5.11 Å². The summed E-state index contributed by atoms with van der Waals surface area (Å²) in [5, 5.41) is 10.9. The van der Waals surface area contributed by atoms with Crippen LogP contribution in [0.2, 0.25) is 0 Å². The zero-order valence-corrected chi connectivity index (χ0v) is 51.3. The van der Waals surface area contributed by atoms with Crippen LogP contribution in [0, 0.1) is 82.9 Å². The van der Waals surface area contributed by atoms with Crippen molar-refractivity contribution in [3.63, 3.8) is 0 Å². The van der Waals surface area contributed by atoms with Gasteiger partial charge in [-0.05, 0) is 80.0 Å². The van der Waals surface area contributed by atoms with Gasteiger partial charge in [0.25, 0.3) is 0 Å². The number of aliphatic hydroxyl groups is 1. The highest BCUT2D eigenvalue weighted by Crippen LogP contribution is 2.47. The molecule has 0 saturated carbocycles. The topological polar surface area (TPSA) is 149 Å². The summed E-state index contributed by atoms with van der Waals surface area (Å²) >= 11 is 0. The Hall–Kier alpha value is -0.600. The Kier molecular flexibility index (Phi) is 21.5. The van der Waals surface area contributed by atoms with E-state index in [1.807, 2.05) is 0 Å². The lowest BCUT2D eigenvalue weighted by molar-refractivity contribution is -0.369. The van der Waals surface area contributed by atoms with E-state index in [0.29, 0.717) is 12.5 Å². The first-order valence-electron chi connectivity index (χ1n) is 31.4. The molecule has 16 unspecified atom stereocenters. The maximum Gasteiger partial charge on any atom is 0.161 e. The average molecular weight is 1100 g/mol. The SMILES string of the molecule is CCC1O[C@@H](O[C@@H]2C(CC)O[C@@H](O[C@@H]3C(CC)O[C@@H](O[C@H]4C(C)C(C)[C@@H]5OC[C@@H]4O5)C(C)[C@H]3C)C(C)[C@H]2C)C(C)C(C)[C@@H]1O[C@H]1OC(CC)[C@@H](O[C@@H]2OC(CC)[C@@H](OC3OC(CC)[C@@H](O)[C@H](C)[C@@H]3C)[C@H](C)C2C)C(C)C1C. The highest BCUT2D eigenvalue weighted by atomic mass is 16.8. The van der Waals surface area contributed by atoms with Gasteiger partial charge in [0.2, 0.25) is 0 Å². The average Bonchev–Trinajstić information content (AvgIpc) is 3.94. The molecule has 8 aliphatic heterocycles. The summed E-state index contributed by atoms with van der Waals surface area (Å²) in [6, 6.07) is 0. The van der Waals surface area contributed by atoms with Gasteiger partial charge in [0.15, 0.2) is 44.0 Å². The Morgan fingerprint density at radius 2 is 0.519 bits per heavy atom. The van der Waals surface area contributed by atoms with E-state index in [0.717, 1.165) is 38.5 Å². The fourth-order valence-corrected chi connectivity index (χ4v) is 14.5. The Morgan fingerprint density at radius 1 is 0.286 bits per heavy atom. The molecule has 77 heavy (non-hydrogen) atoms. The molecule has 0 amide bonds. The van der Waals surface area contributed by atoms with Gasteiger partial charge in [0.1, 0.15) is 6.10 Å². The molecular weight excluding hydrogens is 985 g/mol. The first-order valence-corrected chi connectivity index (χ1v) is 31.4.